The van der Waals surface area contributed by atoms with Crippen LogP contribution in [0, 0.1) is 0 Å². The normalized spacial score (nSPS) is 24.9. The van der Waals surface area contributed by atoms with Gasteiger partial charge in [-0.25, -0.2) is 0 Å². The van der Waals surface area contributed by atoms with Crippen molar-refractivity contribution in [1.82, 2.24) is 0 Å². The zero-order valence-corrected chi connectivity index (χ0v) is 11.2. The summed E-state index contributed by atoms with van der Waals surface area (Å²) in [7, 11) is 0. The number of hydrogen-bond donors (Lipinski definition) is 0. The quantitative estimate of drug-likeness (QED) is 0.765. The van der Waals surface area contributed by atoms with Crippen LogP contribution in [0.25, 0.3) is 0 Å². The van der Waals surface area contributed by atoms with E-state index in [0.29, 0.717) is 17.8 Å². The Morgan fingerprint density at radius 1 is 1.32 bits per heavy atom. The van der Waals surface area contributed by atoms with E-state index in [9.17, 15) is 9.59 Å². The highest BCUT2D eigenvalue weighted by molar-refractivity contribution is 6.52. The molecule has 1 aromatic rings. The first kappa shape index (κ1) is 12.4. The number of carbonyl (C=O) groups excluding carboxylic acids is 2. The first-order chi connectivity index (χ1) is 8.98. The highest BCUT2D eigenvalue weighted by atomic mass is 16.5. The van der Waals surface area contributed by atoms with Crippen LogP contribution in [-0.4, -0.2) is 29.9 Å². The lowest BCUT2D eigenvalue weighted by atomic mass is 10.1. The van der Waals surface area contributed by atoms with Crippen LogP contribution in [0.15, 0.2) is 24.3 Å². The Bertz CT molecular complexity index is 550. The number of rotatable bonds is 2. The number of amides is 1. The van der Waals surface area contributed by atoms with Crippen LogP contribution >= 0.6 is 0 Å². The summed E-state index contributed by atoms with van der Waals surface area (Å²) in [4.78, 5) is 25.5. The molecule has 0 N–H and O–H groups in total. The molecule has 4 nitrogen and oxygen atoms in total. The minimum atomic E-state index is -0.436. The minimum absolute atomic E-state index is 0.0120. The molecule has 1 fully saturated rings. The van der Waals surface area contributed by atoms with E-state index in [-0.39, 0.29) is 11.7 Å². The van der Waals surface area contributed by atoms with Crippen molar-refractivity contribution in [3.63, 3.8) is 0 Å². The molecule has 100 valence electrons. The van der Waals surface area contributed by atoms with Crippen LogP contribution in [0.4, 0.5) is 5.69 Å². The zero-order chi connectivity index (χ0) is 13.6. The molecule has 0 saturated carbocycles. The van der Waals surface area contributed by atoms with Crippen molar-refractivity contribution >= 4 is 17.4 Å². The Balaban J connectivity index is 1.83. The number of anilines is 1. The lowest BCUT2D eigenvalue weighted by molar-refractivity contribution is -0.114. The Morgan fingerprint density at radius 3 is 2.74 bits per heavy atom. The van der Waals surface area contributed by atoms with Gasteiger partial charge >= 0.3 is 0 Å². The predicted molar refractivity (Wildman–Crippen MR) is 71.3 cm³/mol. The molecule has 19 heavy (non-hydrogen) atoms. The monoisotopic (exact) mass is 259 g/mol. The summed E-state index contributed by atoms with van der Waals surface area (Å²) >= 11 is 0. The van der Waals surface area contributed by atoms with E-state index in [4.69, 9.17) is 4.74 Å². The van der Waals surface area contributed by atoms with Crippen molar-refractivity contribution < 1.29 is 14.3 Å². The number of fused-ring (bicyclic) bond motifs is 1. The second-order valence-electron chi connectivity index (χ2n) is 5.80. The van der Waals surface area contributed by atoms with Crippen molar-refractivity contribution in [3.8, 4) is 0 Å². The average Bonchev–Trinajstić information content (AvgIpc) is 2.83. The first-order valence-corrected chi connectivity index (χ1v) is 6.61. The van der Waals surface area contributed by atoms with E-state index >= 15 is 0 Å². The van der Waals surface area contributed by atoms with E-state index in [1.54, 1.807) is 17.0 Å². The molecule has 4 heteroatoms. The maximum Gasteiger partial charge on any atom is 0.299 e. The summed E-state index contributed by atoms with van der Waals surface area (Å²) < 4.78 is 5.90. The molecule has 0 spiro atoms. The van der Waals surface area contributed by atoms with Crippen molar-refractivity contribution in [2.24, 2.45) is 0 Å². The fourth-order valence-corrected chi connectivity index (χ4v) is 2.84. The van der Waals surface area contributed by atoms with Crippen LogP contribution in [0.2, 0.25) is 0 Å². The molecule has 1 unspecified atom stereocenters. The molecule has 1 aromatic carbocycles. The number of nitrogens with zero attached hydrogens (tertiary/aromatic N) is 1. The predicted octanol–water partition coefficient (Wildman–Crippen LogP) is 2.17. The molecule has 0 radical (unpaired) electrons. The van der Waals surface area contributed by atoms with Gasteiger partial charge in [0.2, 0.25) is 0 Å². The molecule has 2 aliphatic rings. The molecule has 0 aliphatic carbocycles. The van der Waals surface area contributed by atoms with Gasteiger partial charge in [0.05, 0.1) is 29.5 Å². The van der Waals surface area contributed by atoms with E-state index in [2.05, 4.69) is 13.8 Å². The topological polar surface area (TPSA) is 46.6 Å². The maximum absolute atomic E-state index is 12.0. The average molecular weight is 259 g/mol. The van der Waals surface area contributed by atoms with Crippen molar-refractivity contribution in [1.29, 1.82) is 0 Å². The number of Topliss-reactive ketones (excluding diaryl/α,β-unsaturated/α-hetero) is 1. The summed E-state index contributed by atoms with van der Waals surface area (Å²) in [6, 6.07) is 7.15. The number of ether oxygens (including phenoxy) is 1. The fraction of sp³-hybridized carbons (Fsp3) is 0.467. The molecule has 3 rings (SSSR count). The molecular weight excluding hydrogens is 242 g/mol. The summed E-state index contributed by atoms with van der Waals surface area (Å²) in [6.07, 6.45) is 1.92. The third-order valence-electron chi connectivity index (χ3n) is 3.82. The summed E-state index contributed by atoms with van der Waals surface area (Å²) in [6.45, 7) is 4.57. The van der Waals surface area contributed by atoms with Gasteiger partial charge in [-0.05, 0) is 38.8 Å². The summed E-state index contributed by atoms with van der Waals surface area (Å²) in [5.74, 6) is -0.845. The van der Waals surface area contributed by atoms with Gasteiger partial charge < -0.3 is 9.64 Å². The van der Waals surface area contributed by atoms with Crippen molar-refractivity contribution in [2.75, 3.05) is 11.4 Å². The Hall–Kier alpha value is -1.68. The second-order valence-corrected chi connectivity index (χ2v) is 5.80. The lowest BCUT2D eigenvalue weighted by Gasteiger charge is -2.23. The summed E-state index contributed by atoms with van der Waals surface area (Å²) in [5, 5.41) is 0. The van der Waals surface area contributed by atoms with Crippen LogP contribution in [0.3, 0.4) is 0 Å². The number of benzene rings is 1. The molecule has 1 atom stereocenters. The number of para-hydroxylation sites is 1. The van der Waals surface area contributed by atoms with E-state index in [0.717, 1.165) is 12.8 Å². The van der Waals surface area contributed by atoms with Gasteiger partial charge in [-0.3, -0.25) is 9.59 Å². The minimum Gasteiger partial charge on any atom is -0.370 e. The molecular formula is C15H17NO3. The third-order valence-corrected chi connectivity index (χ3v) is 3.82. The Labute approximate surface area is 112 Å². The van der Waals surface area contributed by atoms with Crippen LogP contribution < -0.4 is 4.90 Å². The largest absolute Gasteiger partial charge is 0.370 e. The maximum atomic E-state index is 12.0. The fourth-order valence-electron chi connectivity index (χ4n) is 2.84. The number of hydrogen-bond acceptors (Lipinski definition) is 3. The van der Waals surface area contributed by atoms with E-state index < -0.39 is 11.7 Å². The standard InChI is InChI=1S/C15H17NO3/c1-15(2)8-7-10(19-15)9-16-12-6-4-3-5-11(12)13(17)14(16)18/h3-6,10H,7-9H2,1-2H3. The van der Waals surface area contributed by atoms with Gasteiger partial charge in [-0.15, -0.1) is 0 Å². The number of ketones is 1. The van der Waals surface area contributed by atoms with E-state index in [1.807, 2.05) is 12.1 Å². The summed E-state index contributed by atoms with van der Waals surface area (Å²) in [5.41, 5.74) is 1.09. The van der Waals surface area contributed by atoms with E-state index in [1.165, 1.54) is 0 Å². The smallest absolute Gasteiger partial charge is 0.299 e. The highest BCUT2D eigenvalue weighted by Gasteiger charge is 2.39. The third kappa shape index (κ3) is 2.06. The molecule has 2 heterocycles. The number of carbonyl (C=O) groups is 2. The van der Waals surface area contributed by atoms with Gasteiger partial charge in [0.15, 0.2) is 0 Å². The molecule has 1 saturated heterocycles. The lowest BCUT2D eigenvalue weighted by Crippen LogP contribution is -2.37. The van der Waals surface area contributed by atoms with Gasteiger partial charge in [0.1, 0.15) is 0 Å². The molecule has 0 aromatic heterocycles. The van der Waals surface area contributed by atoms with Gasteiger partial charge in [0, 0.05) is 0 Å². The molecule has 2 aliphatic heterocycles. The van der Waals surface area contributed by atoms with Gasteiger partial charge in [-0.2, -0.15) is 0 Å². The van der Waals surface area contributed by atoms with Gasteiger partial charge in [-0.1, -0.05) is 12.1 Å². The van der Waals surface area contributed by atoms with Crippen LogP contribution in [0.5, 0.6) is 0 Å². The molecule has 1 amide bonds. The Morgan fingerprint density at radius 2 is 2.05 bits per heavy atom. The molecule has 0 bridgehead atoms. The van der Waals surface area contributed by atoms with Crippen molar-refractivity contribution in [3.05, 3.63) is 29.8 Å². The zero-order valence-electron chi connectivity index (χ0n) is 11.2. The second kappa shape index (κ2) is 4.17. The first-order valence-electron chi connectivity index (χ1n) is 6.61. The van der Waals surface area contributed by atoms with Crippen LogP contribution in [0.1, 0.15) is 37.0 Å². The van der Waals surface area contributed by atoms with Gasteiger partial charge in [0.25, 0.3) is 11.7 Å². The SMILES string of the molecule is CC1(C)CCC(CN2C(=O)C(=O)c3ccccc32)O1. The van der Waals surface area contributed by atoms with Crippen LogP contribution in [-0.2, 0) is 9.53 Å². The highest BCUT2D eigenvalue weighted by Crippen LogP contribution is 2.33. The Kier molecular flexibility index (Phi) is 2.71. The van der Waals surface area contributed by atoms with Crippen molar-refractivity contribution in [2.45, 2.75) is 38.4 Å².